The van der Waals surface area contributed by atoms with E-state index in [2.05, 4.69) is 0 Å². The number of hydrogen-bond donors (Lipinski definition) is 0. The van der Waals surface area contributed by atoms with Gasteiger partial charge in [0.05, 0.1) is 17.5 Å². The van der Waals surface area contributed by atoms with E-state index >= 15 is 0 Å². The Kier molecular flexibility index (Phi) is 3.37. The standard InChI is InChI=1S/C21H17NO5/c1-11-8-16-18(21(25)26-11)14(10-17(23)27-16)15-9-13-5-2-4-12-6-3-7-22(19(12)13)20(15)24/h2,4-5,8-9,14H,3,6-7,10H2,1H3. The summed E-state index contributed by atoms with van der Waals surface area (Å²) in [6.45, 7) is 2.25. The lowest BCUT2D eigenvalue weighted by atomic mass is 9.86. The number of fused-ring (bicyclic) bond motifs is 1. The third-order valence-electron chi connectivity index (χ3n) is 5.44. The zero-order chi connectivity index (χ0) is 18.7. The van der Waals surface area contributed by atoms with Gasteiger partial charge in [-0.25, -0.2) is 4.79 Å². The van der Waals surface area contributed by atoms with Crippen molar-refractivity contribution in [3.8, 4) is 5.75 Å². The molecule has 0 saturated carbocycles. The van der Waals surface area contributed by atoms with Gasteiger partial charge in [-0.15, -0.1) is 0 Å². The molecule has 2 aliphatic rings. The molecule has 0 N–H and O–H groups in total. The number of benzene rings is 1. The van der Waals surface area contributed by atoms with Crippen LogP contribution in [0.3, 0.4) is 0 Å². The Hall–Kier alpha value is -3.15. The number of hydrogen-bond acceptors (Lipinski definition) is 5. The van der Waals surface area contributed by atoms with Crippen LogP contribution in [0.4, 0.5) is 0 Å². The number of carbonyl (C=O) groups is 1. The van der Waals surface area contributed by atoms with Crippen molar-refractivity contribution in [2.75, 3.05) is 0 Å². The summed E-state index contributed by atoms with van der Waals surface area (Å²) in [5.74, 6) is -0.562. The van der Waals surface area contributed by atoms with Crippen molar-refractivity contribution in [1.29, 1.82) is 0 Å². The summed E-state index contributed by atoms with van der Waals surface area (Å²) in [5, 5.41) is 0.943. The maximum atomic E-state index is 13.3. The molecule has 2 aromatic heterocycles. The maximum absolute atomic E-state index is 13.3. The van der Waals surface area contributed by atoms with Crippen LogP contribution in [0.1, 0.15) is 41.2 Å². The Balaban J connectivity index is 1.81. The van der Waals surface area contributed by atoms with Crippen LogP contribution in [0.5, 0.6) is 5.75 Å². The summed E-state index contributed by atoms with van der Waals surface area (Å²) in [6, 6.07) is 9.32. The smallest absolute Gasteiger partial charge is 0.343 e. The number of esters is 1. The molecule has 1 aromatic carbocycles. The van der Waals surface area contributed by atoms with Gasteiger partial charge in [0.25, 0.3) is 5.56 Å². The predicted molar refractivity (Wildman–Crippen MR) is 98.3 cm³/mol. The van der Waals surface area contributed by atoms with Gasteiger partial charge in [-0.1, -0.05) is 18.2 Å². The van der Waals surface area contributed by atoms with Gasteiger partial charge in [-0.2, -0.15) is 0 Å². The van der Waals surface area contributed by atoms with Crippen molar-refractivity contribution in [2.45, 2.75) is 38.6 Å². The Morgan fingerprint density at radius 1 is 1.15 bits per heavy atom. The van der Waals surface area contributed by atoms with Gasteiger partial charge in [0.15, 0.2) is 0 Å². The molecule has 136 valence electrons. The number of carbonyl (C=O) groups excluding carboxylic acids is 1. The van der Waals surface area contributed by atoms with Crippen LogP contribution in [0, 0.1) is 6.92 Å². The van der Waals surface area contributed by atoms with Crippen molar-refractivity contribution >= 4 is 16.9 Å². The third-order valence-corrected chi connectivity index (χ3v) is 5.44. The predicted octanol–water partition coefficient (Wildman–Crippen LogP) is 2.65. The normalized spacial score (nSPS) is 18.3. The van der Waals surface area contributed by atoms with Crippen LogP contribution >= 0.6 is 0 Å². The van der Waals surface area contributed by atoms with Crippen molar-refractivity contribution in [3.05, 3.63) is 73.6 Å². The van der Waals surface area contributed by atoms with E-state index in [9.17, 15) is 14.4 Å². The number of aryl methyl sites for hydroxylation is 3. The molecule has 27 heavy (non-hydrogen) atoms. The molecule has 0 bridgehead atoms. The van der Waals surface area contributed by atoms with Gasteiger partial charge < -0.3 is 13.7 Å². The molecule has 4 heterocycles. The summed E-state index contributed by atoms with van der Waals surface area (Å²) in [7, 11) is 0. The number of ether oxygens (including phenoxy) is 1. The molecule has 0 radical (unpaired) electrons. The second-order valence-corrected chi connectivity index (χ2v) is 7.17. The van der Waals surface area contributed by atoms with Crippen LogP contribution < -0.4 is 15.9 Å². The van der Waals surface area contributed by atoms with Crippen molar-refractivity contribution in [1.82, 2.24) is 4.57 Å². The van der Waals surface area contributed by atoms with Gasteiger partial charge in [0, 0.05) is 24.1 Å². The van der Waals surface area contributed by atoms with E-state index < -0.39 is 17.5 Å². The van der Waals surface area contributed by atoms with E-state index in [0.717, 1.165) is 29.3 Å². The molecule has 0 spiro atoms. The van der Waals surface area contributed by atoms with E-state index in [1.165, 1.54) is 6.07 Å². The number of aromatic nitrogens is 1. The molecule has 3 aromatic rings. The van der Waals surface area contributed by atoms with E-state index in [-0.39, 0.29) is 23.3 Å². The fourth-order valence-corrected chi connectivity index (χ4v) is 4.33. The quantitative estimate of drug-likeness (QED) is 0.621. The van der Waals surface area contributed by atoms with E-state index in [0.29, 0.717) is 17.9 Å². The number of pyridine rings is 1. The van der Waals surface area contributed by atoms with Gasteiger partial charge in [-0.05, 0) is 36.8 Å². The Bertz CT molecular complexity index is 1230. The number of rotatable bonds is 1. The fourth-order valence-electron chi connectivity index (χ4n) is 4.33. The van der Waals surface area contributed by atoms with Gasteiger partial charge in [0.1, 0.15) is 11.5 Å². The first-order valence-corrected chi connectivity index (χ1v) is 9.03. The topological polar surface area (TPSA) is 78.5 Å². The lowest BCUT2D eigenvalue weighted by Crippen LogP contribution is -2.33. The molecule has 1 atom stereocenters. The lowest BCUT2D eigenvalue weighted by molar-refractivity contribution is -0.135. The first kappa shape index (κ1) is 16.1. The highest BCUT2D eigenvalue weighted by atomic mass is 16.5. The molecule has 6 nitrogen and oxygen atoms in total. The molecular weight excluding hydrogens is 346 g/mol. The number of nitrogens with zero attached hydrogens (tertiary/aromatic N) is 1. The van der Waals surface area contributed by atoms with Crippen LogP contribution in [0.15, 0.2) is 44.3 Å². The minimum absolute atomic E-state index is 0.0543. The SMILES string of the molecule is Cc1cc2c(c(=O)o1)C(c1cc3cccc4c3n(c1=O)CCC4)CC(=O)O2. The van der Waals surface area contributed by atoms with Crippen LogP contribution in [-0.2, 0) is 17.8 Å². The lowest BCUT2D eigenvalue weighted by Gasteiger charge is -2.26. The van der Waals surface area contributed by atoms with Crippen molar-refractivity contribution in [3.63, 3.8) is 0 Å². The minimum atomic E-state index is -0.663. The highest BCUT2D eigenvalue weighted by Gasteiger charge is 2.34. The summed E-state index contributed by atoms with van der Waals surface area (Å²) in [4.78, 5) is 37.9. The third kappa shape index (κ3) is 2.36. The summed E-state index contributed by atoms with van der Waals surface area (Å²) in [6.07, 6.45) is 1.78. The highest BCUT2D eigenvalue weighted by molar-refractivity contribution is 5.84. The molecule has 1 unspecified atom stereocenters. The fraction of sp³-hybridized carbons (Fsp3) is 0.286. The van der Waals surface area contributed by atoms with Gasteiger partial charge >= 0.3 is 11.6 Å². The average Bonchev–Trinajstić information content (AvgIpc) is 2.63. The largest absolute Gasteiger partial charge is 0.428 e. The van der Waals surface area contributed by atoms with E-state index in [4.69, 9.17) is 9.15 Å². The molecule has 5 rings (SSSR count). The Morgan fingerprint density at radius 2 is 2.00 bits per heavy atom. The van der Waals surface area contributed by atoms with Crippen LogP contribution in [0.25, 0.3) is 10.9 Å². The van der Waals surface area contributed by atoms with Crippen LogP contribution in [0.2, 0.25) is 0 Å². The number of para-hydroxylation sites is 1. The molecule has 0 fully saturated rings. The van der Waals surface area contributed by atoms with Crippen molar-refractivity contribution in [2.24, 2.45) is 0 Å². The average molecular weight is 363 g/mol. The van der Waals surface area contributed by atoms with Crippen molar-refractivity contribution < 1.29 is 13.9 Å². The molecule has 2 aliphatic heterocycles. The second kappa shape index (κ2) is 5.67. The second-order valence-electron chi connectivity index (χ2n) is 7.17. The van der Waals surface area contributed by atoms with Gasteiger partial charge in [-0.3, -0.25) is 9.59 Å². The van der Waals surface area contributed by atoms with Gasteiger partial charge in [0.2, 0.25) is 0 Å². The Labute approximate surface area is 154 Å². The first-order chi connectivity index (χ1) is 13.0. The molecular formula is C21H17NO5. The summed E-state index contributed by atoms with van der Waals surface area (Å²) < 4.78 is 12.2. The molecule has 0 amide bonds. The minimum Gasteiger partial charge on any atom is -0.428 e. The van der Waals surface area contributed by atoms with E-state index in [1.54, 1.807) is 11.5 Å². The highest BCUT2D eigenvalue weighted by Crippen LogP contribution is 2.37. The molecule has 6 heteroatoms. The van der Waals surface area contributed by atoms with Crippen LogP contribution in [-0.4, -0.2) is 10.5 Å². The summed E-state index contributed by atoms with van der Waals surface area (Å²) >= 11 is 0. The monoisotopic (exact) mass is 363 g/mol. The first-order valence-electron chi connectivity index (χ1n) is 9.03. The Morgan fingerprint density at radius 3 is 2.85 bits per heavy atom. The summed E-state index contributed by atoms with van der Waals surface area (Å²) in [5.41, 5.74) is 2.08. The molecule has 0 aliphatic carbocycles. The zero-order valence-corrected chi connectivity index (χ0v) is 14.8. The van der Waals surface area contributed by atoms with E-state index in [1.807, 2.05) is 24.3 Å². The maximum Gasteiger partial charge on any atom is 0.343 e. The molecule has 0 saturated heterocycles. The zero-order valence-electron chi connectivity index (χ0n) is 14.8.